The van der Waals surface area contributed by atoms with E-state index in [1.807, 2.05) is 69.3 Å². The van der Waals surface area contributed by atoms with E-state index in [-0.39, 0.29) is 19.8 Å². The SMILES string of the molecule is CCO[P-]12(OCC)(OCC)O[B@-](O)(c3ccccc3)[N@+]1(c1ccccc1)O2. The third-order valence-corrected chi connectivity index (χ3v) is 10.7. The molecule has 0 aromatic heterocycles. The third kappa shape index (κ3) is 1.85. The Kier molecular flexibility index (Phi) is 3.94. The Labute approximate surface area is 158 Å². The van der Waals surface area contributed by atoms with Gasteiger partial charge < -0.3 is 0 Å². The van der Waals surface area contributed by atoms with Crippen molar-refractivity contribution in [1.82, 2.24) is 4.33 Å². The van der Waals surface area contributed by atoms with Gasteiger partial charge in [-0.2, -0.15) is 0 Å². The van der Waals surface area contributed by atoms with Crippen LogP contribution in [0.2, 0.25) is 0 Å². The Balaban J connectivity index is 2.00. The summed E-state index contributed by atoms with van der Waals surface area (Å²) >= 11 is 0. The molecule has 4 rings (SSSR count). The minimum absolute atomic E-state index is 0.240. The van der Waals surface area contributed by atoms with Crippen molar-refractivity contribution in [3.8, 4) is 0 Å². The summed E-state index contributed by atoms with van der Waals surface area (Å²) in [7, 11) is -5.16. The predicted octanol–water partition coefficient (Wildman–Crippen LogP) is 3.50. The molecule has 0 unspecified atom stereocenters. The fourth-order valence-corrected chi connectivity index (χ4v) is 10.5. The number of nitrogens with zero attached hydrogens (tertiary/aromatic N) is 1. The van der Waals surface area contributed by atoms with Crippen LogP contribution in [0.3, 0.4) is 0 Å². The molecule has 0 saturated carbocycles. The van der Waals surface area contributed by atoms with Gasteiger partial charge in [0.15, 0.2) is 0 Å². The van der Waals surface area contributed by atoms with Crippen molar-refractivity contribution in [1.29, 1.82) is 0 Å². The van der Waals surface area contributed by atoms with Gasteiger partial charge in [-0.05, 0) is 0 Å². The molecule has 2 aliphatic heterocycles. The van der Waals surface area contributed by atoms with Crippen LogP contribution < -0.4 is 9.79 Å². The Morgan fingerprint density at radius 1 is 0.852 bits per heavy atom. The zero-order valence-corrected chi connectivity index (χ0v) is 16.7. The van der Waals surface area contributed by atoms with Gasteiger partial charge in [0, 0.05) is 0 Å². The number of benzene rings is 2. The van der Waals surface area contributed by atoms with Crippen LogP contribution in [0.5, 0.6) is 0 Å². The first-order chi connectivity index (χ1) is 12.9. The molecule has 2 saturated heterocycles. The Bertz CT molecular complexity index is 848. The van der Waals surface area contributed by atoms with Gasteiger partial charge >= 0.3 is 158 Å². The van der Waals surface area contributed by atoms with E-state index in [0.717, 1.165) is 0 Å². The fourth-order valence-electron chi connectivity index (χ4n) is 4.47. The molecule has 1 N–H and O–H groups in total. The van der Waals surface area contributed by atoms with E-state index >= 15 is 0 Å². The number of quaternary nitrogens is 1. The molecule has 7 nitrogen and oxygen atoms in total. The summed E-state index contributed by atoms with van der Waals surface area (Å²) in [5, 5.41) is 11.8. The minimum atomic E-state index is -5.16. The van der Waals surface area contributed by atoms with Crippen molar-refractivity contribution >= 4 is 25.1 Å². The van der Waals surface area contributed by atoms with Crippen molar-refractivity contribution in [2.45, 2.75) is 20.8 Å². The van der Waals surface area contributed by atoms with Crippen LogP contribution in [0.1, 0.15) is 20.8 Å². The Morgan fingerprint density at radius 3 is 1.81 bits per heavy atom. The van der Waals surface area contributed by atoms with Crippen LogP contribution in [-0.2, 0) is 22.6 Å². The summed E-state index contributed by atoms with van der Waals surface area (Å²) in [6, 6.07) is 18.5. The van der Waals surface area contributed by atoms with Crippen LogP contribution >= 0.6 is 7.23 Å². The molecule has 0 amide bonds. The van der Waals surface area contributed by atoms with E-state index < -0.39 is 18.2 Å². The first kappa shape index (κ1) is 19.0. The molecule has 0 radical (unpaired) electrons. The molecule has 2 aromatic carbocycles. The number of fused-ring (bicyclic) bond motifs is 1. The first-order valence-electron chi connectivity index (χ1n) is 9.37. The van der Waals surface area contributed by atoms with Crippen LogP contribution in [0.25, 0.3) is 0 Å². The molecule has 27 heavy (non-hydrogen) atoms. The molecule has 2 atom stereocenters. The topological polar surface area (TPSA) is 69.7 Å². The van der Waals surface area contributed by atoms with Gasteiger partial charge in [0.25, 0.3) is 0 Å². The fraction of sp³-hybridized carbons (Fsp3) is 0.333. The molecule has 0 aliphatic carbocycles. The van der Waals surface area contributed by atoms with E-state index in [2.05, 4.69) is 0 Å². The van der Waals surface area contributed by atoms with E-state index in [9.17, 15) is 5.02 Å². The molecule has 2 aliphatic rings. The zero-order chi connectivity index (χ0) is 19.3. The molecule has 2 fully saturated rings. The predicted molar refractivity (Wildman–Crippen MR) is 106 cm³/mol. The number of hydrogen-bond acceptors (Lipinski definition) is 6. The molecular formula is C18H26BNO6P-. The average Bonchev–Trinajstić information content (AvgIpc) is 3.15. The van der Waals surface area contributed by atoms with Gasteiger partial charge in [-0.1, -0.05) is 0 Å². The molecule has 9 heteroatoms. The standard InChI is InChI=1S/C18H26BNO6P/c1-4-22-27(23-5-2,24-6-3)20(26-27,18-15-11-8-12-16-18)19(21,25-27)17-13-9-7-10-14-17/h7-16,21H,4-6H2,1-3H3/q-1/t19-,20-/m1/s1. The summed E-state index contributed by atoms with van der Waals surface area (Å²) in [6.07, 6.45) is 0. The van der Waals surface area contributed by atoms with E-state index in [1.165, 1.54) is 0 Å². The van der Waals surface area contributed by atoms with Gasteiger partial charge in [-0.25, -0.2) is 0 Å². The molecule has 2 aromatic rings. The van der Waals surface area contributed by atoms with Crippen LogP contribution in [0.15, 0.2) is 60.7 Å². The van der Waals surface area contributed by atoms with Crippen LogP contribution in [-0.4, -0.2) is 31.5 Å². The van der Waals surface area contributed by atoms with Crippen molar-refractivity contribution in [2.75, 3.05) is 19.8 Å². The summed E-state index contributed by atoms with van der Waals surface area (Å²) in [5.74, 6) is 0. The van der Waals surface area contributed by atoms with Crippen molar-refractivity contribution in [3.05, 3.63) is 60.7 Å². The van der Waals surface area contributed by atoms with Gasteiger partial charge in [0.05, 0.1) is 0 Å². The normalized spacial score (nSPS) is 34.1. The number of rotatable bonds is 8. The average molecular weight is 394 g/mol. The zero-order valence-electron chi connectivity index (χ0n) is 15.9. The molecular weight excluding hydrogens is 368 g/mol. The molecule has 2 heterocycles. The summed E-state index contributed by atoms with van der Waals surface area (Å²) < 4.78 is 30.6. The van der Waals surface area contributed by atoms with E-state index in [0.29, 0.717) is 11.2 Å². The summed E-state index contributed by atoms with van der Waals surface area (Å²) in [4.78, 5) is 0. The molecule has 148 valence electrons. The Morgan fingerprint density at radius 2 is 1.33 bits per heavy atom. The third-order valence-electron chi connectivity index (χ3n) is 5.27. The van der Waals surface area contributed by atoms with Gasteiger partial charge in [-0.15, -0.1) is 0 Å². The second-order valence-corrected chi connectivity index (χ2v) is 10.7. The molecule has 0 bridgehead atoms. The second kappa shape index (κ2) is 5.60. The summed E-state index contributed by atoms with van der Waals surface area (Å²) in [5.41, 5.74) is 1.24. The number of hydrogen-bond donors (Lipinski definition) is 1. The maximum atomic E-state index is 11.8. The Hall–Kier alpha value is -1.35. The first-order valence-corrected chi connectivity index (χ1v) is 11.6. The quantitative estimate of drug-likeness (QED) is 0.420. The second-order valence-electron chi connectivity index (χ2n) is 6.67. The van der Waals surface area contributed by atoms with Crippen LogP contribution in [0, 0.1) is 0 Å². The monoisotopic (exact) mass is 394 g/mol. The van der Waals surface area contributed by atoms with Crippen molar-refractivity contribution < 1.29 is 27.7 Å². The van der Waals surface area contributed by atoms with Crippen molar-refractivity contribution in [2.24, 2.45) is 0 Å². The van der Waals surface area contributed by atoms with Gasteiger partial charge in [-0.3, -0.25) is 0 Å². The molecule has 0 spiro atoms. The van der Waals surface area contributed by atoms with Crippen LogP contribution in [0.4, 0.5) is 5.69 Å². The maximum absolute atomic E-state index is 11.8. The van der Waals surface area contributed by atoms with Gasteiger partial charge in [0.1, 0.15) is 0 Å². The summed E-state index contributed by atoms with van der Waals surface area (Å²) in [6.45, 7) is 3.48. The van der Waals surface area contributed by atoms with Gasteiger partial charge in [0.2, 0.25) is 0 Å². The van der Waals surface area contributed by atoms with E-state index in [1.54, 1.807) is 12.1 Å². The van der Waals surface area contributed by atoms with Crippen molar-refractivity contribution in [3.63, 3.8) is 0 Å². The van der Waals surface area contributed by atoms with E-state index in [4.69, 9.17) is 22.6 Å².